The van der Waals surface area contributed by atoms with Gasteiger partial charge in [0.05, 0.1) is 35.7 Å². The van der Waals surface area contributed by atoms with Gasteiger partial charge in [-0.2, -0.15) is 15.1 Å². The van der Waals surface area contributed by atoms with Crippen molar-refractivity contribution in [3.63, 3.8) is 0 Å². The molecule has 0 radical (unpaired) electrons. The number of ether oxygens (including phenoxy) is 2. The van der Waals surface area contributed by atoms with E-state index in [-0.39, 0.29) is 11.4 Å². The van der Waals surface area contributed by atoms with Gasteiger partial charge >= 0.3 is 6.01 Å². The van der Waals surface area contributed by atoms with Crippen LogP contribution in [-0.4, -0.2) is 92.5 Å². The molecule has 0 saturated carbocycles. The van der Waals surface area contributed by atoms with Crippen molar-refractivity contribution >= 4 is 17.5 Å². The number of hydrogen-bond donors (Lipinski definition) is 1. The predicted octanol–water partition coefficient (Wildman–Crippen LogP) is 3.02. The lowest BCUT2D eigenvalue weighted by Gasteiger charge is -2.42. The van der Waals surface area contributed by atoms with E-state index in [1.807, 2.05) is 23.0 Å². The first-order valence-electron chi connectivity index (χ1n) is 16.6. The fourth-order valence-corrected chi connectivity index (χ4v) is 8.43. The lowest BCUT2D eigenvalue weighted by atomic mass is 9.75. The minimum atomic E-state index is -0.833. The maximum Gasteiger partial charge on any atom is 0.318 e. The standard InChI is InChI=1S/C33H42FN9O3/c1-40(2)30(44)26-12-23-18-41(9-5-11-43(23)39-26)29-24-19-46-33(8-3-6-21-16-36-28(35)13-25(21)33)15-27(24)37-31(38-29)45-20-32-7-4-10-42(32)17-22(34)14-32/h12-13,16,22H,3-11,14-15,17-20H2,1-2H3,(H2,35,36). The topological polar surface area (TPSA) is 128 Å². The van der Waals surface area contributed by atoms with Crippen LogP contribution in [0.15, 0.2) is 18.3 Å². The fourth-order valence-electron chi connectivity index (χ4n) is 8.43. The molecule has 3 aromatic heterocycles. The van der Waals surface area contributed by atoms with Crippen molar-refractivity contribution in [2.75, 3.05) is 51.0 Å². The molecule has 0 aromatic carbocycles. The van der Waals surface area contributed by atoms with Crippen LogP contribution in [0.4, 0.5) is 16.0 Å². The molecule has 5 aliphatic rings. The molecule has 4 aliphatic heterocycles. The number of halogens is 1. The Bertz CT molecular complexity index is 1680. The van der Waals surface area contributed by atoms with Crippen LogP contribution in [0, 0.1) is 0 Å². The first-order valence-corrected chi connectivity index (χ1v) is 16.6. The smallest absolute Gasteiger partial charge is 0.318 e. The summed E-state index contributed by atoms with van der Waals surface area (Å²) in [5.41, 5.74) is 10.8. The lowest BCUT2D eigenvalue weighted by Crippen LogP contribution is -2.44. The van der Waals surface area contributed by atoms with Gasteiger partial charge in [0.15, 0.2) is 5.69 Å². The average molecular weight is 632 g/mol. The SMILES string of the molecule is CN(C)C(=O)c1cc2n(n1)CCCN(c1nc(OCC34CCCN3CC(F)C4)nc3c1COC1(CCCc4cnc(N)cc41)C3)C2. The van der Waals surface area contributed by atoms with Crippen LogP contribution in [0.25, 0.3) is 0 Å². The summed E-state index contributed by atoms with van der Waals surface area (Å²) in [5, 5.41) is 4.63. The third-order valence-electron chi connectivity index (χ3n) is 10.7. The van der Waals surface area contributed by atoms with Crippen LogP contribution < -0.4 is 15.4 Å². The second kappa shape index (κ2) is 11.2. The molecule has 13 heteroatoms. The minimum absolute atomic E-state index is 0.118. The Balaban J connectivity index is 1.16. The molecule has 2 fully saturated rings. The highest BCUT2D eigenvalue weighted by Crippen LogP contribution is 2.47. The Morgan fingerprint density at radius 3 is 2.93 bits per heavy atom. The average Bonchev–Trinajstić information content (AvgIpc) is 3.66. The van der Waals surface area contributed by atoms with Gasteiger partial charge in [0, 0.05) is 58.3 Å². The number of rotatable bonds is 5. The van der Waals surface area contributed by atoms with E-state index < -0.39 is 11.8 Å². The van der Waals surface area contributed by atoms with Gasteiger partial charge in [-0.25, -0.2) is 9.37 Å². The van der Waals surface area contributed by atoms with Crippen LogP contribution in [0.1, 0.15) is 77.1 Å². The maximum absolute atomic E-state index is 14.6. The van der Waals surface area contributed by atoms with Gasteiger partial charge in [0.2, 0.25) is 0 Å². The van der Waals surface area contributed by atoms with E-state index in [9.17, 15) is 9.18 Å². The van der Waals surface area contributed by atoms with E-state index >= 15 is 0 Å². The third kappa shape index (κ3) is 4.98. The normalized spacial score (nSPS) is 27.1. The van der Waals surface area contributed by atoms with Gasteiger partial charge in [-0.05, 0) is 68.3 Å². The Kier molecular flexibility index (Phi) is 7.16. The van der Waals surface area contributed by atoms with E-state index in [2.05, 4.69) is 19.9 Å². The van der Waals surface area contributed by atoms with Gasteiger partial charge in [-0.1, -0.05) is 0 Å². The molecule has 46 heavy (non-hydrogen) atoms. The number of aryl methyl sites for hydroxylation is 2. The number of aromatic nitrogens is 5. The highest BCUT2D eigenvalue weighted by Gasteiger charge is 2.50. The fraction of sp³-hybridized carbons (Fsp3) is 0.606. The van der Waals surface area contributed by atoms with E-state index in [4.69, 9.17) is 25.2 Å². The molecule has 244 valence electrons. The number of fused-ring (bicyclic) bond motifs is 5. The summed E-state index contributed by atoms with van der Waals surface area (Å²) >= 11 is 0. The summed E-state index contributed by atoms with van der Waals surface area (Å²) in [6.45, 7) is 4.08. The molecule has 2 saturated heterocycles. The summed E-state index contributed by atoms with van der Waals surface area (Å²) in [7, 11) is 3.47. The Morgan fingerprint density at radius 1 is 1.17 bits per heavy atom. The molecule has 3 unspecified atom stereocenters. The number of amides is 1. The zero-order valence-electron chi connectivity index (χ0n) is 26.7. The number of carbonyl (C=O) groups excluding carboxylic acids is 1. The number of carbonyl (C=O) groups is 1. The van der Waals surface area contributed by atoms with Gasteiger partial charge in [0.25, 0.3) is 5.91 Å². The van der Waals surface area contributed by atoms with Crippen molar-refractivity contribution in [2.45, 2.75) is 88.4 Å². The number of anilines is 2. The number of hydrogen-bond acceptors (Lipinski definition) is 10. The maximum atomic E-state index is 14.6. The van der Waals surface area contributed by atoms with Crippen LogP contribution >= 0.6 is 0 Å². The molecule has 3 atom stereocenters. The van der Waals surface area contributed by atoms with Gasteiger partial charge in [0.1, 0.15) is 24.4 Å². The summed E-state index contributed by atoms with van der Waals surface area (Å²) in [4.78, 5) is 33.2. The van der Waals surface area contributed by atoms with Crippen molar-refractivity contribution in [3.05, 3.63) is 52.1 Å². The molecule has 2 N–H and O–H groups in total. The first kappa shape index (κ1) is 29.6. The number of pyridine rings is 1. The quantitative estimate of drug-likeness (QED) is 0.449. The van der Waals surface area contributed by atoms with E-state index in [0.717, 1.165) is 79.9 Å². The van der Waals surface area contributed by atoms with Gasteiger partial charge in [-0.15, -0.1) is 0 Å². The molecule has 3 aromatic rings. The number of nitrogens with two attached hydrogens (primary N) is 1. The monoisotopic (exact) mass is 631 g/mol. The number of nitrogen functional groups attached to an aromatic ring is 1. The third-order valence-corrected chi connectivity index (χ3v) is 10.7. The van der Waals surface area contributed by atoms with Crippen LogP contribution in [0.3, 0.4) is 0 Å². The van der Waals surface area contributed by atoms with Gasteiger partial charge < -0.3 is 25.0 Å². The van der Waals surface area contributed by atoms with Crippen molar-refractivity contribution in [2.24, 2.45) is 0 Å². The predicted molar refractivity (Wildman–Crippen MR) is 168 cm³/mol. The zero-order valence-corrected chi connectivity index (χ0v) is 26.7. The molecule has 7 heterocycles. The summed E-state index contributed by atoms with van der Waals surface area (Å²) in [6, 6.07) is 4.17. The summed E-state index contributed by atoms with van der Waals surface area (Å²) in [6.07, 6.45) is 7.69. The first-order chi connectivity index (χ1) is 22.2. The Hall–Kier alpha value is -3.84. The number of alkyl halides is 1. The summed E-state index contributed by atoms with van der Waals surface area (Å²) < 4.78 is 29.8. The highest BCUT2D eigenvalue weighted by atomic mass is 19.1. The van der Waals surface area contributed by atoms with Crippen LogP contribution in [0.2, 0.25) is 0 Å². The van der Waals surface area contributed by atoms with Crippen molar-refractivity contribution in [3.8, 4) is 6.01 Å². The molecule has 1 spiro atoms. The second-order valence-electron chi connectivity index (χ2n) is 13.9. The molecule has 0 bridgehead atoms. The largest absolute Gasteiger partial charge is 0.461 e. The molecule has 1 amide bonds. The van der Waals surface area contributed by atoms with Gasteiger partial charge in [-0.3, -0.25) is 14.4 Å². The minimum Gasteiger partial charge on any atom is -0.461 e. The lowest BCUT2D eigenvalue weighted by molar-refractivity contribution is -0.0856. The second-order valence-corrected chi connectivity index (χ2v) is 13.9. The van der Waals surface area contributed by atoms with Crippen LogP contribution in [-0.2, 0) is 42.9 Å². The number of nitrogens with zero attached hydrogens (tertiary/aromatic N) is 8. The molecule has 1 aliphatic carbocycles. The Morgan fingerprint density at radius 2 is 2.07 bits per heavy atom. The van der Waals surface area contributed by atoms with Crippen molar-refractivity contribution in [1.29, 1.82) is 0 Å². The highest BCUT2D eigenvalue weighted by molar-refractivity contribution is 5.92. The van der Waals surface area contributed by atoms with E-state index in [0.29, 0.717) is 63.2 Å². The molecular formula is C33H42FN9O3. The molecule has 12 nitrogen and oxygen atoms in total. The summed E-state index contributed by atoms with van der Waals surface area (Å²) in [5.74, 6) is 1.15. The van der Waals surface area contributed by atoms with Crippen molar-refractivity contribution in [1.82, 2.24) is 34.5 Å². The van der Waals surface area contributed by atoms with Crippen molar-refractivity contribution < 1.29 is 18.7 Å². The Labute approximate surface area is 268 Å². The van der Waals surface area contributed by atoms with E-state index in [1.165, 1.54) is 5.56 Å². The molecular weight excluding hydrogens is 589 g/mol. The molecule has 8 rings (SSSR count). The zero-order chi connectivity index (χ0) is 31.6. The van der Waals surface area contributed by atoms with Crippen LogP contribution in [0.5, 0.6) is 6.01 Å². The van der Waals surface area contributed by atoms with E-state index in [1.54, 1.807) is 19.0 Å².